The van der Waals surface area contributed by atoms with Crippen LogP contribution < -0.4 is 0 Å². The van der Waals surface area contributed by atoms with Gasteiger partial charge in [-0.2, -0.15) is 0 Å². The number of pyridine rings is 1. The highest BCUT2D eigenvalue weighted by Crippen LogP contribution is 2.47. The number of nitrogens with zero attached hydrogens (tertiary/aromatic N) is 1. The zero-order chi connectivity index (χ0) is 9.47. The van der Waals surface area contributed by atoms with Crippen LogP contribution in [0, 0.1) is 6.92 Å². The molecule has 1 fully saturated rings. The van der Waals surface area contributed by atoms with Crippen LogP contribution in [-0.2, 0) is 10.2 Å². The van der Waals surface area contributed by atoms with E-state index in [2.05, 4.69) is 4.98 Å². The molecule has 0 aliphatic heterocycles. The van der Waals surface area contributed by atoms with E-state index < -0.39 is 0 Å². The molecule has 68 valence electrons. The Balaban J connectivity index is 2.41. The van der Waals surface area contributed by atoms with Crippen molar-refractivity contribution in [1.29, 1.82) is 0 Å². The minimum Gasteiger partial charge on any atom is -0.299 e. The van der Waals surface area contributed by atoms with Crippen molar-refractivity contribution in [3.8, 4) is 0 Å². The number of hydrogen-bond donors (Lipinski definition) is 0. The quantitative estimate of drug-likeness (QED) is 0.688. The average molecular weight is 175 g/mol. The number of hydrogen-bond acceptors (Lipinski definition) is 2. The van der Waals surface area contributed by atoms with Crippen molar-refractivity contribution in [1.82, 2.24) is 4.98 Å². The van der Waals surface area contributed by atoms with Crippen LogP contribution in [0.4, 0.5) is 0 Å². The molecule has 13 heavy (non-hydrogen) atoms. The molecule has 0 bridgehead atoms. The Morgan fingerprint density at radius 3 is 2.62 bits per heavy atom. The fourth-order valence-electron chi connectivity index (χ4n) is 1.72. The lowest BCUT2D eigenvalue weighted by Crippen LogP contribution is -2.18. The summed E-state index contributed by atoms with van der Waals surface area (Å²) in [5.74, 6) is 0.255. The topological polar surface area (TPSA) is 30.0 Å². The van der Waals surface area contributed by atoms with Gasteiger partial charge in [-0.3, -0.25) is 9.78 Å². The van der Waals surface area contributed by atoms with E-state index >= 15 is 0 Å². The maximum atomic E-state index is 11.4. The van der Waals surface area contributed by atoms with Crippen molar-refractivity contribution in [2.75, 3.05) is 0 Å². The summed E-state index contributed by atoms with van der Waals surface area (Å²) in [5, 5.41) is 0. The molecule has 1 aliphatic carbocycles. The number of ketones is 1. The molecular weight excluding hydrogens is 162 g/mol. The van der Waals surface area contributed by atoms with Gasteiger partial charge in [0.15, 0.2) is 0 Å². The van der Waals surface area contributed by atoms with Crippen LogP contribution in [0.2, 0.25) is 0 Å². The van der Waals surface area contributed by atoms with Gasteiger partial charge in [-0.15, -0.1) is 0 Å². The van der Waals surface area contributed by atoms with Gasteiger partial charge in [0.2, 0.25) is 0 Å². The first-order valence-corrected chi connectivity index (χ1v) is 4.60. The summed E-state index contributed by atoms with van der Waals surface area (Å²) in [4.78, 5) is 15.8. The predicted molar refractivity (Wildman–Crippen MR) is 50.6 cm³/mol. The second-order valence-corrected chi connectivity index (χ2v) is 3.80. The molecule has 0 radical (unpaired) electrons. The van der Waals surface area contributed by atoms with Crippen molar-refractivity contribution in [3.05, 3.63) is 29.6 Å². The molecule has 0 amide bonds. The van der Waals surface area contributed by atoms with Gasteiger partial charge in [-0.05, 0) is 38.8 Å². The Hall–Kier alpha value is -1.18. The Bertz CT molecular complexity index is 353. The van der Waals surface area contributed by atoms with Crippen LogP contribution in [0.15, 0.2) is 18.2 Å². The molecule has 1 aliphatic rings. The number of carbonyl (C=O) groups excluding carboxylic acids is 1. The van der Waals surface area contributed by atoms with Gasteiger partial charge in [0.25, 0.3) is 0 Å². The minimum atomic E-state index is -0.216. The Morgan fingerprint density at radius 1 is 1.46 bits per heavy atom. The Morgan fingerprint density at radius 2 is 2.15 bits per heavy atom. The van der Waals surface area contributed by atoms with E-state index in [0.29, 0.717) is 0 Å². The third-order valence-electron chi connectivity index (χ3n) is 2.80. The average Bonchev–Trinajstić information content (AvgIpc) is 2.83. The standard InChI is InChI=1S/C11H13NO/c1-8-4-3-5-10(12-8)11(6-7-11)9(2)13/h3-5H,6-7H2,1-2H3. The molecule has 1 saturated carbocycles. The summed E-state index contributed by atoms with van der Waals surface area (Å²) >= 11 is 0. The van der Waals surface area contributed by atoms with Gasteiger partial charge >= 0.3 is 0 Å². The van der Waals surface area contributed by atoms with E-state index in [0.717, 1.165) is 24.2 Å². The highest BCUT2D eigenvalue weighted by molar-refractivity contribution is 5.90. The lowest BCUT2D eigenvalue weighted by atomic mass is 9.97. The summed E-state index contributed by atoms with van der Waals surface area (Å²) in [6, 6.07) is 5.89. The largest absolute Gasteiger partial charge is 0.299 e. The highest BCUT2D eigenvalue weighted by Gasteiger charge is 2.49. The van der Waals surface area contributed by atoms with E-state index in [-0.39, 0.29) is 11.2 Å². The molecule has 1 heterocycles. The van der Waals surface area contributed by atoms with Gasteiger partial charge < -0.3 is 0 Å². The van der Waals surface area contributed by atoms with E-state index in [4.69, 9.17) is 0 Å². The van der Waals surface area contributed by atoms with Crippen LogP contribution in [0.1, 0.15) is 31.2 Å². The molecular formula is C11H13NO. The zero-order valence-corrected chi connectivity index (χ0v) is 8.00. The molecule has 1 aromatic rings. The third kappa shape index (κ3) is 1.26. The molecule has 0 aromatic carbocycles. The van der Waals surface area contributed by atoms with E-state index in [1.165, 1.54) is 0 Å². The van der Waals surface area contributed by atoms with Gasteiger partial charge in [-0.1, -0.05) is 6.07 Å². The predicted octanol–water partition coefficient (Wildman–Crippen LogP) is 2.01. The van der Waals surface area contributed by atoms with Crippen molar-refractivity contribution >= 4 is 5.78 Å². The van der Waals surface area contributed by atoms with E-state index in [1.54, 1.807) is 6.92 Å². The monoisotopic (exact) mass is 175 g/mol. The highest BCUT2D eigenvalue weighted by atomic mass is 16.1. The summed E-state index contributed by atoms with van der Waals surface area (Å²) in [7, 11) is 0. The second kappa shape index (κ2) is 2.66. The number of rotatable bonds is 2. The third-order valence-corrected chi connectivity index (χ3v) is 2.80. The number of Topliss-reactive ketones (excluding diaryl/α,β-unsaturated/α-hetero) is 1. The van der Waals surface area contributed by atoms with Crippen molar-refractivity contribution in [2.24, 2.45) is 0 Å². The molecule has 2 rings (SSSR count). The lowest BCUT2D eigenvalue weighted by molar-refractivity contribution is -0.119. The second-order valence-electron chi connectivity index (χ2n) is 3.80. The molecule has 0 spiro atoms. The first kappa shape index (κ1) is 8.42. The SMILES string of the molecule is CC(=O)C1(c2cccc(C)n2)CC1. The lowest BCUT2D eigenvalue weighted by Gasteiger charge is -2.10. The van der Waals surface area contributed by atoms with Gasteiger partial charge in [0.05, 0.1) is 11.1 Å². The molecule has 1 aromatic heterocycles. The molecule has 0 saturated heterocycles. The molecule has 2 nitrogen and oxygen atoms in total. The maximum Gasteiger partial charge on any atom is 0.141 e. The van der Waals surface area contributed by atoms with Crippen LogP contribution in [0.5, 0.6) is 0 Å². The van der Waals surface area contributed by atoms with Gasteiger partial charge in [0, 0.05) is 5.69 Å². The van der Waals surface area contributed by atoms with Gasteiger partial charge in [-0.25, -0.2) is 0 Å². The summed E-state index contributed by atoms with van der Waals surface area (Å²) < 4.78 is 0. The summed E-state index contributed by atoms with van der Waals surface area (Å²) in [5.41, 5.74) is 1.73. The molecule has 0 unspecified atom stereocenters. The zero-order valence-electron chi connectivity index (χ0n) is 8.00. The fraction of sp³-hybridized carbons (Fsp3) is 0.455. The Labute approximate surface area is 78.0 Å². The van der Waals surface area contributed by atoms with Crippen molar-refractivity contribution in [2.45, 2.75) is 32.1 Å². The number of aryl methyl sites for hydroxylation is 1. The van der Waals surface area contributed by atoms with Crippen LogP contribution in [-0.4, -0.2) is 10.8 Å². The van der Waals surface area contributed by atoms with Crippen LogP contribution in [0.3, 0.4) is 0 Å². The van der Waals surface area contributed by atoms with Crippen molar-refractivity contribution < 1.29 is 4.79 Å². The summed E-state index contributed by atoms with van der Waals surface area (Å²) in [6.07, 6.45) is 1.94. The Kier molecular flexibility index (Phi) is 1.72. The first-order chi connectivity index (χ1) is 6.15. The summed E-state index contributed by atoms with van der Waals surface area (Å²) in [6.45, 7) is 3.62. The molecule has 2 heteroatoms. The first-order valence-electron chi connectivity index (χ1n) is 4.60. The molecule has 0 N–H and O–H groups in total. The maximum absolute atomic E-state index is 11.4. The smallest absolute Gasteiger partial charge is 0.141 e. The number of carbonyl (C=O) groups is 1. The van der Waals surface area contributed by atoms with E-state index in [1.807, 2.05) is 25.1 Å². The number of aromatic nitrogens is 1. The van der Waals surface area contributed by atoms with E-state index in [9.17, 15) is 4.79 Å². The molecule has 0 atom stereocenters. The van der Waals surface area contributed by atoms with Gasteiger partial charge in [0.1, 0.15) is 5.78 Å². The minimum absolute atomic E-state index is 0.216. The van der Waals surface area contributed by atoms with Crippen LogP contribution in [0.25, 0.3) is 0 Å². The van der Waals surface area contributed by atoms with Crippen LogP contribution >= 0.6 is 0 Å². The fourth-order valence-corrected chi connectivity index (χ4v) is 1.72. The normalized spacial score (nSPS) is 18.3. The van der Waals surface area contributed by atoms with Crippen molar-refractivity contribution in [3.63, 3.8) is 0 Å².